The van der Waals surface area contributed by atoms with Crippen LogP contribution in [0.3, 0.4) is 0 Å². The molecule has 1 aliphatic rings. The minimum atomic E-state index is -0.0150. The van der Waals surface area contributed by atoms with Gasteiger partial charge in [-0.15, -0.1) is 0 Å². The highest BCUT2D eigenvalue weighted by Crippen LogP contribution is 2.38. The number of H-pyrrole nitrogens is 2. The number of hydrogen-bond donors (Lipinski definition) is 2. The Balaban J connectivity index is 2.67. The molecule has 1 aromatic rings. The van der Waals surface area contributed by atoms with Crippen molar-refractivity contribution >= 4 is 12.2 Å². The lowest BCUT2D eigenvalue weighted by atomic mass is 10.1. The standard InChI is InChI=1S/C8H10N2OS/c1-4-6(5-2-3-5)7(11)10-8(12)9-4/h5H,2-3H2,1H3,(H2,9,10,11,12). The van der Waals surface area contributed by atoms with Crippen molar-refractivity contribution in [2.45, 2.75) is 25.7 Å². The van der Waals surface area contributed by atoms with Crippen LogP contribution in [0.5, 0.6) is 0 Å². The third-order valence-corrected chi connectivity index (χ3v) is 2.37. The molecule has 0 radical (unpaired) electrons. The van der Waals surface area contributed by atoms with Gasteiger partial charge < -0.3 is 4.98 Å². The summed E-state index contributed by atoms with van der Waals surface area (Å²) in [6, 6.07) is 0. The quantitative estimate of drug-likeness (QED) is 0.648. The smallest absolute Gasteiger partial charge is 0.255 e. The van der Waals surface area contributed by atoms with E-state index in [-0.39, 0.29) is 5.56 Å². The molecule has 2 N–H and O–H groups in total. The summed E-state index contributed by atoms with van der Waals surface area (Å²) < 4.78 is 0.418. The van der Waals surface area contributed by atoms with Crippen LogP contribution >= 0.6 is 12.2 Å². The SMILES string of the molecule is Cc1[nH]c(=S)[nH]c(=O)c1C1CC1. The number of aromatic amines is 2. The molecule has 0 bridgehead atoms. The summed E-state index contributed by atoms with van der Waals surface area (Å²) in [6.07, 6.45) is 2.27. The molecular formula is C8H10N2OS. The van der Waals surface area contributed by atoms with E-state index in [1.165, 1.54) is 0 Å². The van der Waals surface area contributed by atoms with Gasteiger partial charge in [-0.25, -0.2) is 0 Å². The molecule has 4 heteroatoms. The van der Waals surface area contributed by atoms with Crippen LogP contribution in [-0.4, -0.2) is 9.97 Å². The third kappa shape index (κ3) is 1.22. The van der Waals surface area contributed by atoms with Crippen LogP contribution < -0.4 is 5.56 Å². The zero-order valence-corrected chi connectivity index (χ0v) is 7.62. The van der Waals surface area contributed by atoms with E-state index in [1.54, 1.807) is 0 Å². The molecule has 1 aromatic heterocycles. The second kappa shape index (κ2) is 2.55. The van der Waals surface area contributed by atoms with Gasteiger partial charge in [-0.2, -0.15) is 0 Å². The summed E-state index contributed by atoms with van der Waals surface area (Å²) >= 11 is 4.84. The van der Waals surface area contributed by atoms with Crippen LogP contribution in [0.2, 0.25) is 0 Å². The van der Waals surface area contributed by atoms with Crippen molar-refractivity contribution in [3.8, 4) is 0 Å². The number of rotatable bonds is 1. The highest BCUT2D eigenvalue weighted by molar-refractivity contribution is 7.71. The van der Waals surface area contributed by atoms with E-state index in [0.717, 1.165) is 24.1 Å². The summed E-state index contributed by atoms with van der Waals surface area (Å²) in [4.78, 5) is 17.0. The summed E-state index contributed by atoms with van der Waals surface area (Å²) in [7, 11) is 0. The molecule has 64 valence electrons. The van der Waals surface area contributed by atoms with Gasteiger partial charge in [0.15, 0.2) is 4.77 Å². The molecule has 1 heterocycles. The maximum Gasteiger partial charge on any atom is 0.255 e. The van der Waals surface area contributed by atoms with Gasteiger partial charge in [0.2, 0.25) is 0 Å². The van der Waals surface area contributed by atoms with Gasteiger partial charge in [-0.05, 0) is 37.9 Å². The molecule has 0 unspecified atom stereocenters. The minimum absolute atomic E-state index is 0.0150. The molecule has 0 saturated heterocycles. The Morgan fingerprint density at radius 2 is 2.08 bits per heavy atom. The van der Waals surface area contributed by atoms with Crippen LogP contribution in [0.1, 0.15) is 30.0 Å². The van der Waals surface area contributed by atoms with E-state index in [1.807, 2.05) is 6.92 Å². The van der Waals surface area contributed by atoms with E-state index in [4.69, 9.17) is 12.2 Å². The first-order chi connectivity index (χ1) is 5.68. The summed E-state index contributed by atoms with van der Waals surface area (Å²) in [6.45, 7) is 1.90. The Hall–Kier alpha value is -0.900. The maximum absolute atomic E-state index is 11.4. The fraction of sp³-hybridized carbons (Fsp3) is 0.500. The molecule has 0 aliphatic heterocycles. The monoisotopic (exact) mass is 182 g/mol. The third-order valence-electron chi connectivity index (χ3n) is 2.16. The molecule has 0 spiro atoms. The largest absolute Gasteiger partial charge is 0.336 e. The predicted molar refractivity (Wildman–Crippen MR) is 49.0 cm³/mol. The molecule has 0 aromatic carbocycles. The molecule has 1 saturated carbocycles. The van der Waals surface area contributed by atoms with E-state index < -0.39 is 0 Å². The van der Waals surface area contributed by atoms with Crippen molar-refractivity contribution in [2.24, 2.45) is 0 Å². The van der Waals surface area contributed by atoms with Gasteiger partial charge in [0.25, 0.3) is 5.56 Å². The highest BCUT2D eigenvalue weighted by Gasteiger charge is 2.27. The van der Waals surface area contributed by atoms with Crippen LogP contribution in [0.15, 0.2) is 4.79 Å². The Labute approximate surface area is 74.8 Å². The van der Waals surface area contributed by atoms with Crippen LogP contribution in [-0.2, 0) is 0 Å². The second-order valence-electron chi connectivity index (χ2n) is 3.22. The van der Waals surface area contributed by atoms with Gasteiger partial charge in [0.1, 0.15) is 0 Å². The van der Waals surface area contributed by atoms with Gasteiger partial charge in [-0.1, -0.05) is 0 Å². The van der Waals surface area contributed by atoms with Crippen molar-refractivity contribution in [1.82, 2.24) is 9.97 Å². The second-order valence-corrected chi connectivity index (χ2v) is 3.63. The number of aromatic nitrogens is 2. The average molecular weight is 182 g/mol. The fourth-order valence-corrected chi connectivity index (χ4v) is 1.72. The summed E-state index contributed by atoms with van der Waals surface area (Å²) in [5.74, 6) is 0.473. The van der Waals surface area contributed by atoms with Crippen LogP contribution in [0, 0.1) is 11.7 Å². The number of nitrogens with one attached hydrogen (secondary N) is 2. The van der Waals surface area contributed by atoms with Crippen molar-refractivity contribution in [3.63, 3.8) is 0 Å². The zero-order chi connectivity index (χ0) is 8.72. The first-order valence-corrected chi connectivity index (χ1v) is 4.42. The predicted octanol–water partition coefficient (Wildman–Crippen LogP) is 1.62. The normalized spacial score (nSPS) is 16.4. The summed E-state index contributed by atoms with van der Waals surface area (Å²) in [5.41, 5.74) is 1.80. The minimum Gasteiger partial charge on any atom is -0.336 e. The topological polar surface area (TPSA) is 48.6 Å². The Morgan fingerprint density at radius 1 is 1.42 bits per heavy atom. The van der Waals surface area contributed by atoms with Crippen LogP contribution in [0.4, 0.5) is 0 Å². The maximum atomic E-state index is 11.4. The van der Waals surface area contributed by atoms with Gasteiger partial charge in [0.05, 0.1) is 0 Å². The van der Waals surface area contributed by atoms with Gasteiger partial charge >= 0.3 is 0 Å². The lowest BCUT2D eigenvalue weighted by Gasteiger charge is -2.00. The first kappa shape index (κ1) is 7.73. The average Bonchev–Trinajstić information content (AvgIpc) is 2.68. The van der Waals surface area contributed by atoms with Crippen molar-refractivity contribution in [2.75, 3.05) is 0 Å². The van der Waals surface area contributed by atoms with E-state index in [9.17, 15) is 4.79 Å². The van der Waals surface area contributed by atoms with Crippen molar-refractivity contribution in [1.29, 1.82) is 0 Å². The van der Waals surface area contributed by atoms with E-state index in [2.05, 4.69) is 9.97 Å². The van der Waals surface area contributed by atoms with E-state index in [0.29, 0.717) is 10.7 Å². The molecule has 2 rings (SSSR count). The lowest BCUT2D eigenvalue weighted by molar-refractivity contribution is 0.939. The fourth-order valence-electron chi connectivity index (χ4n) is 1.47. The summed E-state index contributed by atoms with van der Waals surface area (Å²) in [5, 5.41) is 0. The Kier molecular flexibility index (Phi) is 1.65. The van der Waals surface area contributed by atoms with Crippen molar-refractivity contribution in [3.05, 3.63) is 26.4 Å². The van der Waals surface area contributed by atoms with Gasteiger partial charge in [-0.3, -0.25) is 9.78 Å². The Morgan fingerprint density at radius 3 is 2.58 bits per heavy atom. The van der Waals surface area contributed by atoms with Crippen molar-refractivity contribution < 1.29 is 0 Å². The number of aryl methyl sites for hydroxylation is 1. The molecule has 1 aliphatic carbocycles. The first-order valence-electron chi connectivity index (χ1n) is 4.01. The molecule has 0 atom stereocenters. The van der Waals surface area contributed by atoms with Gasteiger partial charge in [0, 0.05) is 11.3 Å². The molecular weight excluding hydrogens is 172 g/mol. The lowest BCUT2D eigenvalue weighted by Crippen LogP contribution is -2.15. The molecule has 3 nitrogen and oxygen atoms in total. The number of hydrogen-bond acceptors (Lipinski definition) is 2. The molecule has 12 heavy (non-hydrogen) atoms. The Bertz CT molecular complexity index is 414. The van der Waals surface area contributed by atoms with Crippen LogP contribution in [0.25, 0.3) is 0 Å². The highest BCUT2D eigenvalue weighted by atomic mass is 32.1. The van der Waals surface area contributed by atoms with E-state index >= 15 is 0 Å². The molecule has 0 amide bonds. The molecule has 1 fully saturated rings. The zero-order valence-electron chi connectivity index (χ0n) is 6.81.